The summed E-state index contributed by atoms with van der Waals surface area (Å²) in [6.45, 7) is 5.17. The number of hydrogen-bond acceptors (Lipinski definition) is 5. The number of hydrogen-bond donors (Lipinski definition) is 0. The smallest absolute Gasteiger partial charge is 0.435 e. The average Bonchev–Trinajstić information content (AvgIpc) is 3.08. The third kappa shape index (κ3) is 3.84. The molecule has 1 aromatic carbocycles. The van der Waals surface area contributed by atoms with Gasteiger partial charge in [0.05, 0.1) is 22.6 Å². The standard InChI is InChI=1S/C21H21F3N4O3S/c1-6-32(30)15-9-12(20(2,3)11-25)7-8-13(15)18-26-14-10-16(21(22,23)24)28(31-5)19(29)17(14)27(18)4/h7-10H,6H2,1-5H3. The fraction of sp³-hybridized carbons (Fsp3) is 0.381. The molecule has 0 aliphatic carbocycles. The molecule has 2 heterocycles. The van der Waals surface area contributed by atoms with Crippen LogP contribution in [0.2, 0.25) is 0 Å². The van der Waals surface area contributed by atoms with Crippen LogP contribution in [0.3, 0.4) is 0 Å². The van der Waals surface area contributed by atoms with Gasteiger partial charge in [0.1, 0.15) is 24.2 Å². The Hall–Kier alpha value is -2.97. The van der Waals surface area contributed by atoms with Crippen LogP contribution in [0.15, 0.2) is 34.0 Å². The van der Waals surface area contributed by atoms with Crippen LogP contribution < -0.4 is 10.4 Å². The summed E-state index contributed by atoms with van der Waals surface area (Å²) in [5, 5.41) is 9.45. The number of nitrogens with zero attached hydrogens (tertiary/aromatic N) is 4. The van der Waals surface area contributed by atoms with Crippen molar-refractivity contribution >= 4 is 22.2 Å². The molecule has 0 spiro atoms. The number of rotatable bonds is 5. The minimum Gasteiger partial charge on any atom is -0.611 e. The fourth-order valence-electron chi connectivity index (χ4n) is 3.39. The second-order valence-electron chi connectivity index (χ2n) is 7.62. The molecule has 11 heteroatoms. The number of halogens is 3. The van der Waals surface area contributed by atoms with E-state index in [1.165, 1.54) is 11.6 Å². The zero-order valence-corrected chi connectivity index (χ0v) is 18.9. The molecular weight excluding hydrogens is 445 g/mol. The van der Waals surface area contributed by atoms with E-state index >= 15 is 0 Å². The maximum atomic E-state index is 13.4. The lowest BCUT2D eigenvalue weighted by atomic mass is 9.86. The topological polar surface area (TPSA) is 95.9 Å². The molecule has 0 radical (unpaired) electrons. The van der Waals surface area contributed by atoms with Gasteiger partial charge in [-0.25, -0.2) is 4.98 Å². The summed E-state index contributed by atoms with van der Waals surface area (Å²) < 4.78 is 54.7. The van der Waals surface area contributed by atoms with Crippen LogP contribution >= 0.6 is 0 Å². The van der Waals surface area contributed by atoms with E-state index in [9.17, 15) is 27.8 Å². The Morgan fingerprint density at radius 3 is 2.47 bits per heavy atom. The van der Waals surface area contributed by atoms with E-state index in [1.807, 2.05) is 0 Å². The molecule has 2 aromatic heterocycles. The lowest BCUT2D eigenvalue weighted by Crippen LogP contribution is -2.32. The first-order valence-electron chi connectivity index (χ1n) is 9.56. The second kappa shape index (κ2) is 8.18. The number of aryl methyl sites for hydroxylation is 1. The molecule has 0 saturated heterocycles. The third-order valence-electron chi connectivity index (χ3n) is 5.21. The van der Waals surface area contributed by atoms with Crippen LogP contribution in [0.5, 0.6) is 0 Å². The zero-order valence-electron chi connectivity index (χ0n) is 18.1. The quantitative estimate of drug-likeness (QED) is 0.537. The maximum Gasteiger partial charge on any atom is 0.435 e. The summed E-state index contributed by atoms with van der Waals surface area (Å²) in [5.41, 5.74) is -2.36. The molecule has 32 heavy (non-hydrogen) atoms. The first-order chi connectivity index (χ1) is 14.9. The maximum absolute atomic E-state index is 13.4. The van der Waals surface area contributed by atoms with Crippen molar-refractivity contribution in [1.82, 2.24) is 14.3 Å². The van der Waals surface area contributed by atoms with Gasteiger partial charge in [-0.05, 0) is 55.7 Å². The Morgan fingerprint density at radius 2 is 1.94 bits per heavy atom. The summed E-state index contributed by atoms with van der Waals surface area (Å²) in [4.78, 5) is 22.1. The van der Waals surface area contributed by atoms with Gasteiger partial charge in [0.2, 0.25) is 0 Å². The lowest BCUT2D eigenvalue weighted by Gasteiger charge is -2.19. The van der Waals surface area contributed by atoms with Crippen molar-refractivity contribution < 1.29 is 22.6 Å². The van der Waals surface area contributed by atoms with Crippen LogP contribution in [0, 0.1) is 11.3 Å². The highest BCUT2D eigenvalue weighted by Crippen LogP contribution is 2.35. The summed E-state index contributed by atoms with van der Waals surface area (Å²) in [5.74, 6) is 0.458. The van der Waals surface area contributed by atoms with Crippen molar-refractivity contribution in [3.05, 3.63) is 45.9 Å². The zero-order chi connectivity index (χ0) is 24.0. The molecule has 0 saturated carbocycles. The number of alkyl halides is 3. The van der Waals surface area contributed by atoms with Crippen molar-refractivity contribution in [1.29, 1.82) is 5.26 Å². The van der Waals surface area contributed by atoms with E-state index in [2.05, 4.69) is 15.9 Å². The highest BCUT2D eigenvalue weighted by atomic mass is 32.2. The minimum absolute atomic E-state index is 0.0930. The van der Waals surface area contributed by atoms with Gasteiger partial charge in [0, 0.05) is 7.05 Å². The molecule has 7 nitrogen and oxygen atoms in total. The van der Waals surface area contributed by atoms with Gasteiger partial charge in [0.25, 0.3) is 0 Å². The monoisotopic (exact) mass is 466 g/mol. The van der Waals surface area contributed by atoms with E-state index in [0.717, 1.165) is 13.2 Å². The molecule has 170 valence electrons. The van der Waals surface area contributed by atoms with Gasteiger partial charge in [-0.2, -0.15) is 18.4 Å². The molecule has 3 rings (SSSR count). The van der Waals surface area contributed by atoms with E-state index in [0.29, 0.717) is 16.0 Å². The van der Waals surface area contributed by atoms with Gasteiger partial charge in [-0.15, -0.1) is 4.73 Å². The Bertz CT molecular complexity index is 1290. The molecule has 1 unspecified atom stereocenters. The Kier molecular flexibility index (Phi) is 6.06. The van der Waals surface area contributed by atoms with Gasteiger partial charge >= 0.3 is 11.7 Å². The van der Waals surface area contributed by atoms with Crippen LogP contribution in [0.1, 0.15) is 32.0 Å². The number of aromatic nitrogens is 3. The van der Waals surface area contributed by atoms with Crippen LogP contribution in [0.4, 0.5) is 13.2 Å². The molecule has 0 fully saturated rings. The Labute approximate surface area is 185 Å². The molecule has 0 aliphatic heterocycles. The predicted molar refractivity (Wildman–Crippen MR) is 114 cm³/mol. The van der Waals surface area contributed by atoms with Crippen LogP contribution in [-0.2, 0) is 29.8 Å². The number of imidazole rings is 1. The van der Waals surface area contributed by atoms with Gasteiger partial charge < -0.3 is 14.0 Å². The fourth-order valence-corrected chi connectivity index (χ4v) is 4.36. The van der Waals surface area contributed by atoms with Gasteiger partial charge in [-0.3, -0.25) is 4.79 Å². The third-order valence-corrected chi connectivity index (χ3v) is 6.56. The summed E-state index contributed by atoms with van der Waals surface area (Å²) in [7, 11) is 2.46. The Morgan fingerprint density at radius 1 is 1.28 bits per heavy atom. The molecule has 3 aromatic rings. The number of fused-ring (bicyclic) bond motifs is 1. The van der Waals surface area contributed by atoms with Crippen LogP contribution in [0.25, 0.3) is 22.4 Å². The van der Waals surface area contributed by atoms with Gasteiger partial charge in [0.15, 0.2) is 10.6 Å². The van der Waals surface area contributed by atoms with Crippen molar-refractivity contribution in [2.24, 2.45) is 7.05 Å². The predicted octanol–water partition coefficient (Wildman–Crippen LogP) is 3.41. The summed E-state index contributed by atoms with van der Waals surface area (Å²) in [6.07, 6.45) is -4.83. The SMILES string of the molecule is CC[S+]([O-])c1cc(C(C)(C)C#N)ccc1-c1nc2cc(C(F)(F)F)n(OC)c(=O)c2n1C. The minimum atomic E-state index is -4.83. The van der Waals surface area contributed by atoms with E-state index in [4.69, 9.17) is 0 Å². The number of pyridine rings is 1. The van der Waals surface area contributed by atoms with Crippen LogP contribution in [-0.4, -0.2) is 31.7 Å². The lowest BCUT2D eigenvalue weighted by molar-refractivity contribution is -0.151. The molecule has 0 amide bonds. The second-order valence-corrected chi connectivity index (χ2v) is 9.33. The van der Waals surface area contributed by atoms with Crippen molar-refractivity contribution in [3.8, 4) is 17.5 Å². The molecule has 1 atom stereocenters. The molecule has 0 N–H and O–H groups in total. The van der Waals surface area contributed by atoms with Crippen molar-refractivity contribution in [2.45, 2.75) is 37.3 Å². The highest BCUT2D eigenvalue weighted by molar-refractivity contribution is 7.91. The normalized spacial score (nSPS) is 13.2. The first-order valence-corrected chi connectivity index (χ1v) is 10.9. The first kappa shape index (κ1) is 23.7. The largest absolute Gasteiger partial charge is 0.611 e. The van der Waals surface area contributed by atoms with E-state index in [-0.39, 0.29) is 27.3 Å². The molecule has 0 aliphatic rings. The van der Waals surface area contributed by atoms with Gasteiger partial charge in [-0.1, -0.05) is 6.07 Å². The van der Waals surface area contributed by atoms with E-state index < -0.39 is 34.0 Å². The highest BCUT2D eigenvalue weighted by Gasteiger charge is 2.37. The summed E-state index contributed by atoms with van der Waals surface area (Å²) >= 11 is -1.46. The van der Waals surface area contributed by atoms with E-state index in [1.54, 1.807) is 39.0 Å². The number of nitriles is 1. The van der Waals surface area contributed by atoms with Crippen molar-refractivity contribution in [2.75, 3.05) is 12.9 Å². The molecular formula is C21H21F3N4O3S. The summed E-state index contributed by atoms with van der Waals surface area (Å²) in [6, 6.07) is 7.88. The Balaban J connectivity index is 2.36. The van der Waals surface area contributed by atoms with Crippen molar-refractivity contribution in [3.63, 3.8) is 0 Å². The molecule has 0 bridgehead atoms. The average molecular weight is 466 g/mol. The number of benzene rings is 1.